The van der Waals surface area contributed by atoms with E-state index in [1.165, 1.54) is 18.2 Å². The Balaban J connectivity index is 1.72. The van der Waals surface area contributed by atoms with Gasteiger partial charge in [-0.15, -0.1) is 10.2 Å². The highest BCUT2D eigenvalue weighted by molar-refractivity contribution is 9.10. The van der Waals surface area contributed by atoms with E-state index in [1.54, 1.807) is 23.7 Å². The summed E-state index contributed by atoms with van der Waals surface area (Å²) in [7, 11) is 1.67. The summed E-state index contributed by atoms with van der Waals surface area (Å²) in [6.07, 6.45) is 0. The number of nitro groups is 1. The molecule has 2 aromatic carbocycles. The second kappa shape index (κ2) is 7.54. The van der Waals surface area contributed by atoms with E-state index in [1.807, 2.05) is 12.1 Å². The lowest BCUT2D eigenvalue weighted by Gasteiger charge is -2.05. The Hall–Kier alpha value is -3.27. The van der Waals surface area contributed by atoms with Gasteiger partial charge in [0, 0.05) is 24.6 Å². The molecule has 0 aliphatic heterocycles. The fraction of sp³-hybridized carbons (Fsp3) is 0.118. The number of nitro benzene ring substituents is 1. The molecule has 1 aromatic heterocycles. The molecule has 138 valence electrons. The molecular formula is C17H13BrN4O5. The molecule has 0 atom stereocenters. The number of carbonyl (C=O) groups excluding carboxylic acids is 1. The van der Waals surface area contributed by atoms with Crippen molar-refractivity contribution in [3.05, 3.63) is 57.1 Å². The first-order chi connectivity index (χ1) is 12.9. The van der Waals surface area contributed by atoms with Crippen molar-refractivity contribution in [2.75, 3.05) is 6.61 Å². The number of hydrogen-bond donors (Lipinski definition) is 1. The highest BCUT2D eigenvalue weighted by Gasteiger charge is 2.15. The van der Waals surface area contributed by atoms with Gasteiger partial charge in [-0.25, -0.2) is 0 Å². The van der Waals surface area contributed by atoms with Gasteiger partial charge in [-0.05, 0) is 28.1 Å². The molecule has 1 N–H and O–H groups in total. The Morgan fingerprint density at radius 3 is 2.78 bits per heavy atom. The Morgan fingerprint density at radius 1 is 1.33 bits per heavy atom. The van der Waals surface area contributed by atoms with E-state index in [2.05, 4.69) is 26.2 Å². The largest absolute Gasteiger partial charge is 0.493 e. The molecule has 27 heavy (non-hydrogen) atoms. The van der Waals surface area contributed by atoms with Gasteiger partial charge in [0.05, 0.1) is 14.9 Å². The minimum Gasteiger partial charge on any atom is -0.493 e. The SMILES string of the molecule is Cn1c(O)c(N=NC(=O)COc2ccc([N+](=O)[O-])cc2Br)c2ccccc21. The number of hydrogen-bond acceptors (Lipinski definition) is 6. The highest BCUT2D eigenvalue weighted by atomic mass is 79.9. The molecule has 0 aliphatic carbocycles. The standard InChI is InChI=1S/C17H13BrN4O5/c1-21-13-5-3-2-4-11(13)16(17(21)24)20-19-15(23)9-27-14-7-6-10(22(25)26)8-12(14)18/h2-8,24H,9H2,1H3. The van der Waals surface area contributed by atoms with Crippen LogP contribution in [0.25, 0.3) is 10.9 Å². The number of para-hydroxylation sites is 1. The van der Waals surface area contributed by atoms with Crippen molar-refractivity contribution in [2.24, 2.45) is 17.3 Å². The van der Waals surface area contributed by atoms with Crippen molar-refractivity contribution in [3.63, 3.8) is 0 Å². The molecule has 0 fully saturated rings. The molecule has 9 nitrogen and oxygen atoms in total. The molecule has 0 aliphatic rings. The number of fused-ring (bicyclic) bond motifs is 1. The smallest absolute Gasteiger partial charge is 0.302 e. The number of amides is 1. The minimum absolute atomic E-state index is 0.105. The van der Waals surface area contributed by atoms with Gasteiger partial charge in [-0.1, -0.05) is 18.2 Å². The van der Waals surface area contributed by atoms with Crippen LogP contribution in [-0.2, 0) is 11.8 Å². The van der Waals surface area contributed by atoms with Crippen LogP contribution in [-0.4, -0.2) is 27.1 Å². The van der Waals surface area contributed by atoms with E-state index >= 15 is 0 Å². The third kappa shape index (κ3) is 3.80. The van der Waals surface area contributed by atoms with Crippen molar-refractivity contribution in [3.8, 4) is 11.6 Å². The highest BCUT2D eigenvalue weighted by Crippen LogP contribution is 2.37. The van der Waals surface area contributed by atoms with E-state index in [0.717, 1.165) is 5.52 Å². The Bertz CT molecular complexity index is 1080. The number of rotatable bonds is 5. The predicted octanol–water partition coefficient (Wildman–Crippen LogP) is 4.24. The third-order valence-electron chi connectivity index (χ3n) is 3.79. The van der Waals surface area contributed by atoms with Crippen LogP contribution in [0.3, 0.4) is 0 Å². The third-order valence-corrected chi connectivity index (χ3v) is 4.41. The summed E-state index contributed by atoms with van der Waals surface area (Å²) < 4.78 is 7.19. The summed E-state index contributed by atoms with van der Waals surface area (Å²) in [5.74, 6) is -0.517. The van der Waals surface area contributed by atoms with Crippen molar-refractivity contribution in [1.82, 2.24) is 4.57 Å². The van der Waals surface area contributed by atoms with Gasteiger partial charge in [0.2, 0.25) is 5.88 Å². The molecule has 1 amide bonds. The summed E-state index contributed by atoms with van der Waals surface area (Å²) in [6, 6.07) is 11.1. The normalized spacial score (nSPS) is 11.2. The molecule has 0 saturated carbocycles. The Labute approximate surface area is 161 Å². The van der Waals surface area contributed by atoms with E-state index in [9.17, 15) is 20.0 Å². The fourth-order valence-corrected chi connectivity index (χ4v) is 2.93. The monoisotopic (exact) mass is 432 g/mol. The second-order valence-corrected chi connectivity index (χ2v) is 6.36. The summed E-state index contributed by atoms with van der Waals surface area (Å²) in [5, 5.41) is 29.0. The van der Waals surface area contributed by atoms with Crippen LogP contribution in [0.2, 0.25) is 0 Å². The van der Waals surface area contributed by atoms with Gasteiger partial charge in [0.1, 0.15) is 5.75 Å². The molecule has 0 bridgehead atoms. The first-order valence-electron chi connectivity index (χ1n) is 7.66. The average Bonchev–Trinajstić information content (AvgIpc) is 2.89. The van der Waals surface area contributed by atoms with E-state index in [-0.39, 0.29) is 23.0 Å². The van der Waals surface area contributed by atoms with Gasteiger partial charge in [-0.3, -0.25) is 14.9 Å². The maximum absolute atomic E-state index is 11.9. The molecule has 0 unspecified atom stereocenters. The number of nitrogens with zero attached hydrogens (tertiary/aromatic N) is 4. The van der Waals surface area contributed by atoms with Gasteiger partial charge in [0.25, 0.3) is 5.69 Å². The average molecular weight is 433 g/mol. The maximum atomic E-state index is 11.9. The maximum Gasteiger partial charge on any atom is 0.302 e. The first kappa shape index (κ1) is 18.5. The zero-order chi connectivity index (χ0) is 19.6. The summed E-state index contributed by atoms with van der Waals surface area (Å²) in [5.41, 5.74) is 0.840. The number of ether oxygens (including phenoxy) is 1. The van der Waals surface area contributed by atoms with Gasteiger partial charge < -0.3 is 14.4 Å². The Morgan fingerprint density at radius 2 is 2.07 bits per heavy atom. The number of aromatic nitrogens is 1. The van der Waals surface area contributed by atoms with E-state index in [4.69, 9.17) is 4.74 Å². The molecule has 0 radical (unpaired) electrons. The zero-order valence-electron chi connectivity index (χ0n) is 14.0. The van der Waals surface area contributed by atoms with Gasteiger partial charge >= 0.3 is 5.91 Å². The number of azo groups is 1. The number of non-ortho nitro benzene ring substituents is 1. The van der Waals surface area contributed by atoms with Crippen LogP contribution in [0.15, 0.2) is 57.2 Å². The molecule has 3 aromatic rings. The van der Waals surface area contributed by atoms with Gasteiger partial charge in [-0.2, -0.15) is 0 Å². The van der Waals surface area contributed by atoms with E-state index in [0.29, 0.717) is 9.86 Å². The minimum atomic E-state index is -0.674. The summed E-state index contributed by atoms with van der Waals surface area (Å²) >= 11 is 3.15. The second-order valence-electron chi connectivity index (χ2n) is 5.50. The van der Waals surface area contributed by atoms with Crippen LogP contribution in [0.1, 0.15) is 0 Å². The summed E-state index contributed by atoms with van der Waals surface area (Å²) in [4.78, 5) is 22.1. The van der Waals surface area contributed by atoms with Gasteiger partial charge in [0.15, 0.2) is 12.3 Å². The predicted molar refractivity (Wildman–Crippen MR) is 100 cm³/mol. The molecule has 0 spiro atoms. The molecule has 0 saturated heterocycles. The van der Waals surface area contributed by atoms with Crippen LogP contribution < -0.4 is 4.74 Å². The number of halogens is 1. The van der Waals surface area contributed by atoms with E-state index < -0.39 is 17.4 Å². The molecular weight excluding hydrogens is 420 g/mol. The first-order valence-corrected chi connectivity index (χ1v) is 8.45. The molecule has 3 rings (SSSR count). The number of aromatic hydroxyl groups is 1. The summed E-state index contributed by atoms with van der Waals surface area (Å²) in [6.45, 7) is -0.411. The van der Waals surface area contributed by atoms with Crippen LogP contribution in [0.4, 0.5) is 11.4 Å². The Kier molecular flexibility index (Phi) is 5.17. The number of aryl methyl sites for hydroxylation is 1. The lowest BCUT2D eigenvalue weighted by Crippen LogP contribution is -2.08. The van der Waals surface area contributed by atoms with Crippen molar-refractivity contribution < 1.29 is 19.6 Å². The quantitative estimate of drug-likeness (QED) is 0.367. The van der Waals surface area contributed by atoms with Crippen molar-refractivity contribution >= 4 is 44.1 Å². The number of benzene rings is 2. The lowest BCUT2D eigenvalue weighted by molar-refractivity contribution is -0.384. The molecule has 1 heterocycles. The topological polar surface area (TPSA) is 119 Å². The van der Waals surface area contributed by atoms with Crippen LogP contribution >= 0.6 is 15.9 Å². The van der Waals surface area contributed by atoms with Crippen LogP contribution in [0, 0.1) is 10.1 Å². The molecule has 10 heteroatoms. The lowest BCUT2D eigenvalue weighted by atomic mass is 10.2. The number of carbonyl (C=O) groups is 1. The zero-order valence-corrected chi connectivity index (χ0v) is 15.6. The fourth-order valence-electron chi connectivity index (χ4n) is 2.45. The van der Waals surface area contributed by atoms with Crippen molar-refractivity contribution in [2.45, 2.75) is 0 Å². The van der Waals surface area contributed by atoms with Crippen molar-refractivity contribution in [1.29, 1.82) is 0 Å². The van der Waals surface area contributed by atoms with Crippen LogP contribution in [0.5, 0.6) is 11.6 Å².